The van der Waals surface area contributed by atoms with Crippen molar-refractivity contribution in [2.75, 3.05) is 11.9 Å². The van der Waals surface area contributed by atoms with Crippen LogP contribution in [0.3, 0.4) is 0 Å². The summed E-state index contributed by atoms with van der Waals surface area (Å²) in [6.45, 7) is 3.85. The number of hydrogen-bond acceptors (Lipinski definition) is 2. The van der Waals surface area contributed by atoms with Crippen LogP contribution in [0.15, 0.2) is 24.3 Å². The predicted octanol–water partition coefficient (Wildman–Crippen LogP) is 3.06. The van der Waals surface area contributed by atoms with Gasteiger partial charge in [-0.25, -0.2) is 4.79 Å². The van der Waals surface area contributed by atoms with Gasteiger partial charge in [-0.3, -0.25) is 4.79 Å². The van der Waals surface area contributed by atoms with Gasteiger partial charge in [-0.1, -0.05) is 11.6 Å². The van der Waals surface area contributed by atoms with Gasteiger partial charge < -0.3 is 15.3 Å². The summed E-state index contributed by atoms with van der Waals surface area (Å²) in [7, 11) is 0. The number of carbonyl (C=O) groups excluding carboxylic acids is 1. The number of nitrogens with one attached hydrogen (secondary N) is 1. The molecule has 0 unspecified atom stereocenters. The Kier molecular flexibility index (Phi) is 5.63. The van der Waals surface area contributed by atoms with Gasteiger partial charge in [0.1, 0.15) is 0 Å². The molecule has 0 spiro atoms. The predicted molar refractivity (Wildman–Crippen MR) is 74.6 cm³/mol. The van der Waals surface area contributed by atoms with E-state index < -0.39 is 5.97 Å². The number of hydrogen-bond donors (Lipinski definition) is 2. The average Bonchev–Trinajstić information content (AvgIpc) is 2.31. The topological polar surface area (TPSA) is 69.6 Å². The van der Waals surface area contributed by atoms with Crippen molar-refractivity contribution >= 4 is 29.3 Å². The normalized spacial score (nSPS) is 10.3. The summed E-state index contributed by atoms with van der Waals surface area (Å²) >= 11 is 5.76. The molecule has 0 atom stereocenters. The van der Waals surface area contributed by atoms with E-state index in [2.05, 4.69) is 5.32 Å². The number of rotatable bonds is 5. The number of nitrogens with zero attached hydrogens (tertiary/aromatic N) is 1. The van der Waals surface area contributed by atoms with Crippen molar-refractivity contribution in [1.82, 2.24) is 4.90 Å². The monoisotopic (exact) mass is 284 g/mol. The minimum Gasteiger partial charge on any atom is -0.481 e. The molecule has 0 fully saturated rings. The number of carboxylic acids is 1. The minimum atomic E-state index is -0.926. The van der Waals surface area contributed by atoms with E-state index in [9.17, 15) is 9.59 Å². The number of benzene rings is 1. The molecule has 0 radical (unpaired) electrons. The van der Waals surface area contributed by atoms with Gasteiger partial charge >= 0.3 is 12.0 Å². The van der Waals surface area contributed by atoms with Gasteiger partial charge in [0.15, 0.2) is 0 Å². The van der Waals surface area contributed by atoms with Crippen LogP contribution < -0.4 is 5.32 Å². The maximum atomic E-state index is 12.0. The van der Waals surface area contributed by atoms with Crippen LogP contribution in [0.5, 0.6) is 0 Å². The molecule has 0 aliphatic rings. The number of anilines is 1. The highest BCUT2D eigenvalue weighted by Crippen LogP contribution is 2.14. The summed E-state index contributed by atoms with van der Waals surface area (Å²) in [4.78, 5) is 24.1. The number of aliphatic carboxylic acids is 1. The second-order valence-corrected chi connectivity index (χ2v) is 4.80. The number of amides is 2. The molecule has 0 bridgehead atoms. The van der Waals surface area contributed by atoms with Crippen LogP contribution in [-0.4, -0.2) is 34.6 Å². The van der Waals surface area contributed by atoms with Gasteiger partial charge in [-0.2, -0.15) is 0 Å². The molecule has 0 aliphatic heterocycles. The van der Waals surface area contributed by atoms with Gasteiger partial charge in [-0.05, 0) is 38.1 Å². The van der Waals surface area contributed by atoms with Crippen molar-refractivity contribution in [3.63, 3.8) is 0 Å². The Morgan fingerprint density at radius 1 is 1.32 bits per heavy atom. The maximum Gasteiger partial charge on any atom is 0.322 e. The van der Waals surface area contributed by atoms with Crippen molar-refractivity contribution < 1.29 is 14.7 Å². The Balaban J connectivity index is 2.66. The van der Waals surface area contributed by atoms with Crippen molar-refractivity contribution in [2.24, 2.45) is 0 Å². The lowest BCUT2D eigenvalue weighted by molar-refractivity contribution is -0.137. The average molecular weight is 285 g/mol. The van der Waals surface area contributed by atoms with Gasteiger partial charge in [0.05, 0.1) is 6.42 Å². The third kappa shape index (κ3) is 5.18. The second kappa shape index (κ2) is 6.99. The SMILES string of the molecule is CC(C)N(CCC(=O)O)C(=O)Nc1ccc(Cl)cc1. The smallest absolute Gasteiger partial charge is 0.322 e. The fraction of sp³-hybridized carbons (Fsp3) is 0.385. The lowest BCUT2D eigenvalue weighted by atomic mass is 10.3. The molecule has 19 heavy (non-hydrogen) atoms. The Hall–Kier alpha value is -1.75. The Labute approximate surface area is 117 Å². The summed E-state index contributed by atoms with van der Waals surface area (Å²) < 4.78 is 0. The van der Waals surface area contributed by atoms with Crippen LogP contribution in [-0.2, 0) is 4.79 Å². The number of carboxylic acid groups (broad SMARTS) is 1. The Morgan fingerprint density at radius 3 is 2.37 bits per heavy atom. The van der Waals surface area contributed by atoms with Crippen LogP contribution in [0.1, 0.15) is 20.3 Å². The van der Waals surface area contributed by atoms with Gasteiger partial charge in [0, 0.05) is 23.3 Å². The lowest BCUT2D eigenvalue weighted by Gasteiger charge is -2.26. The van der Waals surface area contributed by atoms with Gasteiger partial charge in [-0.15, -0.1) is 0 Å². The van der Waals surface area contributed by atoms with E-state index in [1.807, 2.05) is 13.8 Å². The molecule has 2 amide bonds. The molecule has 0 aromatic heterocycles. The maximum absolute atomic E-state index is 12.0. The fourth-order valence-electron chi connectivity index (χ4n) is 1.54. The molecule has 2 N–H and O–H groups in total. The first kappa shape index (κ1) is 15.3. The van der Waals surface area contributed by atoms with E-state index in [1.165, 1.54) is 4.90 Å². The standard InChI is InChI=1S/C13H17ClN2O3/c1-9(2)16(8-7-12(17)18)13(19)15-11-5-3-10(14)4-6-11/h3-6,9H,7-8H2,1-2H3,(H,15,19)(H,17,18). The molecular weight excluding hydrogens is 268 g/mol. The highest BCUT2D eigenvalue weighted by atomic mass is 35.5. The zero-order valence-corrected chi connectivity index (χ0v) is 11.6. The first-order valence-electron chi connectivity index (χ1n) is 5.95. The molecule has 5 nitrogen and oxygen atoms in total. The third-order valence-electron chi connectivity index (χ3n) is 2.55. The minimum absolute atomic E-state index is 0.0772. The summed E-state index contributed by atoms with van der Waals surface area (Å²) in [6, 6.07) is 6.33. The fourth-order valence-corrected chi connectivity index (χ4v) is 1.66. The van der Waals surface area contributed by atoms with Crippen LogP contribution in [0.25, 0.3) is 0 Å². The van der Waals surface area contributed by atoms with Crippen molar-refractivity contribution in [2.45, 2.75) is 26.3 Å². The van der Waals surface area contributed by atoms with Crippen LogP contribution in [0, 0.1) is 0 Å². The highest BCUT2D eigenvalue weighted by molar-refractivity contribution is 6.30. The van der Waals surface area contributed by atoms with Crippen LogP contribution in [0.4, 0.5) is 10.5 Å². The molecule has 1 aromatic rings. The molecule has 0 saturated heterocycles. The third-order valence-corrected chi connectivity index (χ3v) is 2.80. The van der Waals surface area contributed by atoms with E-state index in [0.717, 1.165) is 0 Å². The molecule has 1 aromatic carbocycles. The second-order valence-electron chi connectivity index (χ2n) is 4.37. The zero-order chi connectivity index (χ0) is 14.4. The molecule has 1 rings (SSSR count). The summed E-state index contributed by atoms with van der Waals surface area (Å²) in [5.41, 5.74) is 0.621. The molecule has 6 heteroatoms. The van der Waals surface area contributed by atoms with E-state index >= 15 is 0 Å². The quantitative estimate of drug-likeness (QED) is 0.873. The van der Waals surface area contributed by atoms with Crippen LogP contribution in [0.2, 0.25) is 5.02 Å². The summed E-state index contributed by atoms with van der Waals surface area (Å²) in [6.07, 6.45) is -0.0772. The van der Waals surface area contributed by atoms with Crippen LogP contribution >= 0.6 is 11.6 Å². The lowest BCUT2D eigenvalue weighted by Crippen LogP contribution is -2.41. The molecule has 0 heterocycles. The Bertz CT molecular complexity index is 446. The first-order valence-corrected chi connectivity index (χ1v) is 6.33. The van der Waals surface area contributed by atoms with Crippen molar-refractivity contribution in [1.29, 1.82) is 0 Å². The first-order chi connectivity index (χ1) is 8.90. The molecule has 104 valence electrons. The van der Waals surface area contributed by atoms with E-state index in [4.69, 9.17) is 16.7 Å². The summed E-state index contributed by atoms with van der Waals surface area (Å²) in [5.74, 6) is -0.926. The van der Waals surface area contributed by atoms with E-state index in [-0.39, 0.29) is 25.0 Å². The van der Waals surface area contributed by atoms with Gasteiger partial charge in [0.2, 0.25) is 0 Å². The van der Waals surface area contributed by atoms with Gasteiger partial charge in [0.25, 0.3) is 0 Å². The van der Waals surface area contributed by atoms with E-state index in [0.29, 0.717) is 10.7 Å². The molecule has 0 saturated carbocycles. The Morgan fingerprint density at radius 2 is 1.89 bits per heavy atom. The largest absolute Gasteiger partial charge is 0.481 e. The molecular formula is C13H17ClN2O3. The van der Waals surface area contributed by atoms with E-state index in [1.54, 1.807) is 24.3 Å². The number of carbonyl (C=O) groups is 2. The highest BCUT2D eigenvalue weighted by Gasteiger charge is 2.17. The van der Waals surface area contributed by atoms with Crippen molar-refractivity contribution in [3.05, 3.63) is 29.3 Å². The summed E-state index contributed by atoms with van der Waals surface area (Å²) in [5, 5.41) is 12.0. The number of halogens is 1. The zero-order valence-electron chi connectivity index (χ0n) is 10.9. The number of urea groups is 1. The molecule has 0 aliphatic carbocycles. The van der Waals surface area contributed by atoms with Crippen molar-refractivity contribution in [3.8, 4) is 0 Å².